The Bertz CT molecular complexity index is 1440. The Hall–Kier alpha value is -2.29. The number of esters is 1. The van der Waals surface area contributed by atoms with E-state index in [9.17, 15) is 19.0 Å². The van der Waals surface area contributed by atoms with Gasteiger partial charge in [-0.1, -0.05) is 249 Å². The van der Waals surface area contributed by atoms with Crippen molar-refractivity contribution in [2.24, 2.45) is 0 Å². The average molecular weight is 1050 g/mol. The topological polar surface area (TPSA) is 111 Å². The van der Waals surface area contributed by atoms with Gasteiger partial charge in [0.15, 0.2) is 0 Å². The molecule has 0 fully saturated rings. The molecule has 0 spiro atoms. The van der Waals surface area contributed by atoms with Gasteiger partial charge in [0.25, 0.3) is 0 Å². The maximum absolute atomic E-state index is 13.5. The molecule has 0 aromatic carbocycles. The molecule has 73 heavy (non-hydrogen) atoms. The van der Waals surface area contributed by atoms with Gasteiger partial charge in [-0.15, -0.1) is 0 Å². The number of quaternary nitrogens is 1. The molecule has 2 N–H and O–H groups in total. The van der Waals surface area contributed by atoms with Crippen LogP contribution in [0.25, 0.3) is 0 Å². The van der Waals surface area contributed by atoms with Gasteiger partial charge < -0.3 is 19.4 Å². The van der Waals surface area contributed by atoms with Crippen molar-refractivity contribution < 1.29 is 37.3 Å². The normalized spacial score (nSPS) is 14.1. The second kappa shape index (κ2) is 53.1. The van der Waals surface area contributed by atoms with Crippen LogP contribution in [0.1, 0.15) is 278 Å². The lowest BCUT2D eigenvalue weighted by atomic mass is 10.0. The summed E-state index contributed by atoms with van der Waals surface area (Å²) < 4.78 is 30.6. The standard InChI is InChI=1S/C63H117N2O7P/c1-7-10-13-16-19-22-25-27-28-29-30-31-32-33-34-35-36-38-41-43-46-49-52-55-62(66)64-60(59-71-73(68,69)70-58-57-65(4,5)6)61(54-51-48-45-42-40-37-26-23-20-17-14-11-8-2)72-63(67)56-53-50-47-44-39-24-21-18-15-12-9-3/h19,22,27-28,30-31,33-34,51,54,60-61H,7-18,20-21,23-26,29,32,35-50,52-53,55-59H2,1-6H3,(H-,64,66,68,69)/p+1/b22-19-,28-27-,31-30-,34-33-,54-51+. The fourth-order valence-electron chi connectivity index (χ4n) is 8.69. The number of nitrogens with zero attached hydrogens (tertiary/aromatic N) is 1. The number of unbranched alkanes of at least 4 members (excludes halogenated alkanes) is 31. The second-order valence-corrected chi connectivity index (χ2v) is 23.3. The van der Waals surface area contributed by atoms with Crippen molar-refractivity contribution in [2.45, 2.75) is 290 Å². The molecule has 9 nitrogen and oxygen atoms in total. The molecule has 0 aliphatic carbocycles. The Labute approximate surface area is 451 Å². The minimum Gasteiger partial charge on any atom is -0.456 e. The van der Waals surface area contributed by atoms with Gasteiger partial charge in [0.05, 0.1) is 33.8 Å². The van der Waals surface area contributed by atoms with E-state index in [1.54, 1.807) is 0 Å². The number of phosphoric ester groups is 1. The Balaban J connectivity index is 5.21. The molecule has 3 atom stereocenters. The molecule has 0 saturated heterocycles. The van der Waals surface area contributed by atoms with Crippen LogP contribution in [0.4, 0.5) is 0 Å². The highest BCUT2D eigenvalue weighted by atomic mass is 31.2. The number of nitrogens with one attached hydrogen (secondary N) is 1. The zero-order valence-electron chi connectivity index (χ0n) is 48.6. The highest BCUT2D eigenvalue weighted by molar-refractivity contribution is 7.47. The predicted octanol–water partition coefficient (Wildman–Crippen LogP) is 18.7. The summed E-state index contributed by atoms with van der Waals surface area (Å²) in [6, 6.07) is -0.852. The first-order valence-electron chi connectivity index (χ1n) is 30.6. The van der Waals surface area contributed by atoms with Crippen molar-refractivity contribution in [3.05, 3.63) is 60.8 Å². The number of ether oxygens (including phenoxy) is 1. The minimum absolute atomic E-state index is 0.0376. The number of likely N-dealkylation sites (N-methyl/N-ethyl adjacent to an activating group) is 1. The zero-order chi connectivity index (χ0) is 53.6. The third-order valence-electron chi connectivity index (χ3n) is 13.5. The first kappa shape index (κ1) is 70.7. The van der Waals surface area contributed by atoms with Crippen LogP contribution in [-0.4, -0.2) is 74.3 Å². The number of carbonyl (C=O) groups is 2. The molecule has 0 saturated carbocycles. The summed E-state index contributed by atoms with van der Waals surface area (Å²) in [4.78, 5) is 37.6. The van der Waals surface area contributed by atoms with Crippen LogP contribution in [0.5, 0.6) is 0 Å². The Kier molecular flexibility index (Phi) is 51.5. The molecule has 3 unspecified atom stereocenters. The lowest BCUT2D eigenvalue weighted by molar-refractivity contribution is -0.870. The van der Waals surface area contributed by atoms with Crippen molar-refractivity contribution in [1.82, 2.24) is 5.32 Å². The van der Waals surface area contributed by atoms with E-state index in [2.05, 4.69) is 74.7 Å². The molecular formula is C63H118N2O7P+. The van der Waals surface area contributed by atoms with E-state index in [0.717, 1.165) is 89.9 Å². The zero-order valence-corrected chi connectivity index (χ0v) is 49.5. The molecular weight excluding hydrogens is 928 g/mol. The predicted molar refractivity (Wildman–Crippen MR) is 314 cm³/mol. The first-order chi connectivity index (χ1) is 35.4. The highest BCUT2D eigenvalue weighted by Crippen LogP contribution is 2.43. The summed E-state index contributed by atoms with van der Waals surface area (Å²) in [6.45, 7) is 6.98. The summed E-state index contributed by atoms with van der Waals surface area (Å²) >= 11 is 0. The van der Waals surface area contributed by atoms with Crippen molar-refractivity contribution >= 4 is 19.7 Å². The van der Waals surface area contributed by atoms with E-state index in [-0.39, 0.29) is 25.1 Å². The smallest absolute Gasteiger partial charge is 0.456 e. The summed E-state index contributed by atoms with van der Waals surface area (Å²) in [5.41, 5.74) is 0. The van der Waals surface area contributed by atoms with E-state index < -0.39 is 20.0 Å². The van der Waals surface area contributed by atoms with E-state index in [0.29, 0.717) is 23.9 Å². The third kappa shape index (κ3) is 54.3. The quantitative estimate of drug-likeness (QED) is 0.0205. The maximum atomic E-state index is 13.5. The van der Waals surface area contributed by atoms with Crippen LogP contribution in [0.15, 0.2) is 60.8 Å². The molecule has 426 valence electrons. The Morgan fingerprint density at radius 3 is 1.27 bits per heavy atom. The summed E-state index contributed by atoms with van der Waals surface area (Å²) in [6.07, 6.45) is 66.4. The molecule has 0 aliphatic heterocycles. The van der Waals surface area contributed by atoms with E-state index >= 15 is 0 Å². The number of hydrogen-bond acceptors (Lipinski definition) is 6. The number of amides is 1. The van der Waals surface area contributed by atoms with Gasteiger partial charge in [-0.2, -0.15) is 0 Å². The van der Waals surface area contributed by atoms with Crippen molar-refractivity contribution in [1.29, 1.82) is 0 Å². The van der Waals surface area contributed by atoms with E-state index in [4.69, 9.17) is 13.8 Å². The fourth-order valence-corrected chi connectivity index (χ4v) is 9.42. The molecule has 0 aromatic rings. The van der Waals surface area contributed by atoms with Crippen LogP contribution in [0.3, 0.4) is 0 Å². The number of hydrogen-bond donors (Lipinski definition) is 2. The summed E-state index contributed by atoms with van der Waals surface area (Å²) in [7, 11) is 1.49. The van der Waals surface area contributed by atoms with E-state index in [1.807, 2.05) is 33.3 Å². The number of carbonyl (C=O) groups excluding carboxylic acids is 2. The van der Waals surface area contributed by atoms with E-state index in [1.165, 1.54) is 154 Å². The lowest BCUT2D eigenvalue weighted by Gasteiger charge is -2.27. The number of rotatable bonds is 55. The molecule has 1 amide bonds. The number of phosphoric acid groups is 1. The van der Waals surface area contributed by atoms with Gasteiger partial charge in [-0.25, -0.2) is 4.57 Å². The van der Waals surface area contributed by atoms with Crippen LogP contribution in [-0.2, 0) is 27.9 Å². The Morgan fingerprint density at radius 1 is 0.479 bits per heavy atom. The third-order valence-corrected chi connectivity index (χ3v) is 14.4. The van der Waals surface area contributed by atoms with Crippen LogP contribution in [0.2, 0.25) is 0 Å². The van der Waals surface area contributed by atoms with Crippen LogP contribution < -0.4 is 5.32 Å². The second-order valence-electron chi connectivity index (χ2n) is 21.9. The lowest BCUT2D eigenvalue weighted by Crippen LogP contribution is -2.47. The van der Waals surface area contributed by atoms with Crippen molar-refractivity contribution in [3.8, 4) is 0 Å². The largest absolute Gasteiger partial charge is 0.472 e. The van der Waals surface area contributed by atoms with Crippen molar-refractivity contribution in [2.75, 3.05) is 40.9 Å². The van der Waals surface area contributed by atoms with Gasteiger partial charge in [0.2, 0.25) is 5.91 Å². The van der Waals surface area contributed by atoms with Gasteiger partial charge >= 0.3 is 13.8 Å². The summed E-state index contributed by atoms with van der Waals surface area (Å²) in [5.74, 6) is -0.512. The molecule has 0 bridgehead atoms. The Morgan fingerprint density at radius 2 is 0.836 bits per heavy atom. The first-order valence-corrected chi connectivity index (χ1v) is 32.1. The van der Waals surface area contributed by atoms with Gasteiger partial charge in [0.1, 0.15) is 19.3 Å². The van der Waals surface area contributed by atoms with Crippen LogP contribution in [0, 0.1) is 0 Å². The van der Waals surface area contributed by atoms with Crippen LogP contribution >= 0.6 is 7.82 Å². The maximum Gasteiger partial charge on any atom is 0.472 e. The van der Waals surface area contributed by atoms with Gasteiger partial charge in [0, 0.05) is 12.8 Å². The summed E-state index contributed by atoms with van der Waals surface area (Å²) in [5, 5.41) is 3.05. The molecule has 0 rings (SSSR count). The molecule has 0 heterocycles. The number of allylic oxidation sites excluding steroid dienone is 9. The van der Waals surface area contributed by atoms with Crippen molar-refractivity contribution in [3.63, 3.8) is 0 Å². The molecule has 0 aliphatic rings. The average Bonchev–Trinajstić information content (AvgIpc) is 3.35. The minimum atomic E-state index is -4.45. The molecule has 10 heteroatoms. The van der Waals surface area contributed by atoms with Gasteiger partial charge in [-0.3, -0.25) is 18.6 Å². The fraction of sp³-hybridized carbons (Fsp3) is 0.810. The monoisotopic (exact) mass is 1050 g/mol. The molecule has 0 radical (unpaired) electrons. The highest BCUT2D eigenvalue weighted by Gasteiger charge is 2.30. The molecule has 0 aromatic heterocycles. The SMILES string of the molecule is CCCCC/C=C\C/C=C\C/C=C\C/C=C\CCCCCCCCCC(=O)NC(COP(=O)(O)OCC[N+](C)(C)C)C(/C=C/CCCCCCCCCCCCC)OC(=O)CCCCCCCCCCCCC. The van der Waals surface area contributed by atoms with Gasteiger partial charge in [-0.05, 0) is 76.7 Å².